The first-order chi connectivity index (χ1) is 12.8. The van der Waals surface area contributed by atoms with Gasteiger partial charge in [-0.15, -0.1) is 0 Å². The van der Waals surface area contributed by atoms with E-state index in [0.29, 0.717) is 23.0 Å². The summed E-state index contributed by atoms with van der Waals surface area (Å²) in [7, 11) is 1.58. The third-order valence-corrected chi connectivity index (χ3v) is 3.62. The van der Waals surface area contributed by atoms with Crippen molar-refractivity contribution in [2.24, 2.45) is 0 Å². The van der Waals surface area contributed by atoms with Crippen molar-refractivity contribution in [3.8, 4) is 22.9 Å². The summed E-state index contributed by atoms with van der Waals surface area (Å²) < 4.78 is 10.8. The van der Waals surface area contributed by atoms with Crippen LogP contribution in [0.25, 0.3) is 11.4 Å². The molecule has 0 bridgehead atoms. The molecule has 0 aliphatic rings. The molecular weight excluding hydrogens is 330 g/mol. The third-order valence-electron chi connectivity index (χ3n) is 3.62. The highest BCUT2D eigenvalue weighted by molar-refractivity contribution is 5.90. The number of hydrogen-bond acceptors (Lipinski definition) is 5. The first kappa shape index (κ1) is 17.4. The van der Waals surface area contributed by atoms with Gasteiger partial charge in [0, 0.05) is 5.56 Å². The van der Waals surface area contributed by atoms with Crippen LogP contribution in [0.5, 0.6) is 11.5 Å². The van der Waals surface area contributed by atoms with E-state index in [0.717, 1.165) is 5.56 Å². The van der Waals surface area contributed by atoms with Crippen molar-refractivity contribution >= 4 is 11.6 Å². The van der Waals surface area contributed by atoms with E-state index in [4.69, 9.17) is 9.47 Å². The monoisotopic (exact) mass is 349 g/mol. The zero-order valence-corrected chi connectivity index (χ0v) is 14.4. The predicted octanol–water partition coefficient (Wildman–Crippen LogP) is 3.56. The summed E-state index contributed by atoms with van der Waals surface area (Å²) in [4.78, 5) is 20.6. The molecule has 0 radical (unpaired) electrons. The second-order valence-corrected chi connectivity index (χ2v) is 5.46. The summed E-state index contributed by atoms with van der Waals surface area (Å²) in [6.45, 7) is 0.245. The lowest BCUT2D eigenvalue weighted by Crippen LogP contribution is -2.15. The molecule has 1 heterocycles. The van der Waals surface area contributed by atoms with Gasteiger partial charge in [-0.2, -0.15) is 0 Å². The Morgan fingerprint density at radius 2 is 1.62 bits per heavy atom. The van der Waals surface area contributed by atoms with Gasteiger partial charge >= 0.3 is 0 Å². The molecule has 0 aliphatic heterocycles. The van der Waals surface area contributed by atoms with E-state index in [2.05, 4.69) is 15.3 Å². The summed E-state index contributed by atoms with van der Waals surface area (Å²) >= 11 is 0. The number of ether oxygens (including phenoxy) is 2. The number of carbonyl (C=O) groups is 1. The van der Waals surface area contributed by atoms with Gasteiger partial charge in [-0.05, 0) is 12.1 Å². The van der Waals surface area contributed by atoms with Crippen molar-refractivity contribution in [3.63, 3.8) is 0 Å². The molecule has 26 heavy (non-hydrogen) atoms. The molecule has 132 valence electrons. The van der Waals surface area contributed by atoms with Gasteiger partial charge in [-0.3, -0.25) is 4.79 Å². The molecule has 0 spiro atoms. The topological polar surface area (TPSA) is 73.3 Å². The van der Waals surface area contributed by atoms with Crippen molar-refractivity contribution in [2.75, 3.05) is 19.0 Å². The normalized spacial score (nSPS) is 10.2. The Morgan fingerprint density at radius 3 is 2.31 bits per heavy atom. The van der Waals surface area contributed by atoms with E-state index < -0.39 is 0 Å². The molecule has 3 rings (SSSR count). The quantitative estimate of drug-likeness (QED) is 0.706. The van der Waals surface area contributed by atoms with Crippen molar-refractivity contribution in [3.05, 3.63) is 67.0 Å². The molecule has 0 saturated heterocycles. The number of aromatic nitrogens is 2. The summed E-state index contributed by atoms with van der Waals surface area (Å²) in [5.41, 5.74) is 1.47. The molecule has 0 atom stereocenters. The number of carbonyl (C=O) groups excluding carboxylic acids is 1. The maximum atomic E-state index is 12.0. The average Bonchev–Trinajstić information content (AvgIpc) is 2.69. The molecule has 6 heteroatoms. The third kappa shape index (κ3) is 4.57. The number of methoxy groups -OCH3 is 1. The lowest BCUT2D eigenvalue weighted by molar-refractivity contribution is -0.116. The fourth-order valence-corrected chi connectivity index (χ4v) is 2.34. The lowest BCUT2D eigenvalue weighted by atomic mass is 10.2. The van der Waals surface area contributed by atoms with Crippen molar-refractivity contribution < 1.29 is 14.3 Å². The second-order valence-electron chi connectivity index (χ2n) is 5.46. The lowest BCUT2D eigenvalue weighted by Gasteiger charge is -2.10. The Bertz CT molecular complexity index is 852. The SMILES string of the molecule is COc1ccccc1OCCC(=O)Nc1cnc(-c2ccccc2)nc1. The Kier molecular flexibility index (Phi) is 5.77. The Morgan fingerprint density at radius 1 is 0.962 bits per heavy atom. The van der Waals surface area contributed by atoms with Gasteiger partial charge in [0.05, 0.1) is 38.2 Å². The number of para-hydroxylation sites is 2. The summed E-state index contributed by atoms with van der Waals surface area (Å²) in [5, 5.41) is 2.76. The van der Waals surface area contributed by atoms with E-state index in [9.17, 15) is 4.79 Å². The maximum absolute atomic E-state index is 12.0. The Labute approximate surface area is 151 Å². The molecule has 0 saturated carbocycles. The summed E-state index contributed by atoms with van der Waals surface area (Å²) in [6, 6.07) is 17.0. The minimum absolute atomic E-state index is 0.170. The van der Waals surface area contributed by atoms with Crippen LogP contribution in [0.3, 0.4) is 0 Å². The summed E-state index contributed by atoms with van der Waals surface area (Å²) in [6.07, 6.45) is 3.39. The first-order valence-electron chi connectivity index (χ1n) is 8.19. The van der Waals surface area contributed by atoms with Crippen LogP contribution >= 0.6 is 0 Å². The highest BCUT2D eigenvalue weighted by Gasteiger charge is 2.07. The van der Waals surface area contributed by atoms with Crippen LogP contribution in [0.15, 0.2) is 67.0 Å². The summed E-state index contributed by atoms with van der Waals surface area (Å²) in [5.74, 6) is 1.69. The van der Waals surface area contributed by atoms with Crippen molar-refractivity contribution in [1.82, 2.24) is 9.97 Å². The van der Waals surface area contributed by atoms with Crippen LogP contribution in [-0.2, 0) is 4.79 Å². The molecule has 0 fully saturated rings. The van der Waals surface area contributed by atoms with Gasteiger partial charge in [-0.25, -0.2) is 9.97 Å². The van der Waals surface area contributed by atoms with E-state index >= 15 is 0 Å². The number of benzene rings is 2. The second kappa shape index (κ2) is 8.62. The van der Waals surface area contributed by atoms with E-state index in [-0.39, 0.29) is 18.9 Å². The van der Waals surface area contributed by atoms with Gasteiger partial charge in [0.2, 0.25) is 5.91 Å². The molecule has 3 aromatic rings. The number of anilines is 1. The average molecular weight is 349 g/mol. The van der Waals surface area contributed by atoms with Gasteiger partial charge in [0.25, 0.3) is 0 Å². The fraction of sp³-hybridized carbons (Fsp3) is 0.150. The van der Waals surface area contributed by atoms with Crippen LogP contribution in [0, 0.1) is 0 Å². The molecule has 6 nitrogen and oxygen atoms in total. The van der Waals surface area contributed by atoms with Gasteiger partial charge in [-0.1, -0.05) is 42.5 Å². The molecule has 1 amide bonds. The van der Waals surface area contributed by atoms with Crippen LogP contribution in [0.2, 0.25) is 0 Å². The zero-order chi connectivity index (χ0) is 18.2. The van der Waals surface area contributed by atoms with Gasteiger partial charge < -0.3 is 14.8 Å². The Balaban J connectivity index is 1.50. The largest absolute Gasteiger partial charge is 0.493 e. The van der Waals surface area contributed by atoms with Gasteiger partial charge in [0.15, 0.2) is 17.3 Å². The van der Waals surface area contributed by atoms with Crippen LogP contribution < -0.4 is 14.8 Å². The standard InChI is InChI=1S/C20H19N3O3/c1-25-17-9-5-6-10-18(17)26-12-11-19(24)23-16-13-21-20(22-14-16)15-7-3-2-4-8-15/h2-10,13-14H,11-12H2,1H3,(H,23,24). The first-order valence-corrected chi connectivity index (χ1v) is 8.19. The number of hydrogen-bond donors (Lipinski definition) is 1. The minimum Gasteiger partial charge on any atom is -0.493 e. The molecule has 2 aromatic carbocycles. The maximum Gasteiger partial charge on any atom is 0.227 e. The number of amides is 1. The molecule has 1 N–H and O–H groups in total. The molecule has 0 unspecified atom stereocenters. The van der Waals surface area contributed by atoms with Crippen LogP contribution in [0.4, 0.5) is 5.69 Å². The van der Waals surface area contributed by atoms with E-state index in [1.807, 2.05) is 42.5 Å². The number of nitrogens with one attached hydrogen (secondary N) is 1. The predicted molar refractivity (Wildman–Crippen MR) is 99.2 cm³/mol. The highest BCUT2D eigenvalue weighted by atomic mass is 16.5. The molecule has 1 aromatic heterocycles. The smallest absolute Gasteiger partial charge is 0.227 e. The molecule has 0 aliphatic carbocycles. The molecular formula is C20H19N3O3. The fourth-order valence-electron chi connectivity index (χ4n) is 2.34. The van der Waals surface area contributed by atoms with E-state index in [1.165, 1.54) is 0 Å². The van der Waals surface area contributed by atoms with Crippen LogP contribution in [-0.4, -0.2) is 29.6 Å². The Hall–Kier alpha value is -3.41. The van der Waals surface area contributed by atoms with Crippen molar-refractivity contribution in [2.45, 2.75) is 6.42 Å². The van der Waals surface area contributed by atoms with E-state index in [1.54, 1.807) is 31.6 Å². The number of nitrogens with zero attached hydrogens (tertiary/aromatic N) is 2. The van der Waals surface area contributed by atoms with Gasteiger partial charge in [0.1, 0.15) is 0 Å². The number of rotatable bonds is 7. The van der Waals surface area contributed by atoms with Crippen LogP contribution in [0.1, 0.15) is 6.42 Å². The highest BCUT2D eigenvalue weighted by Crippen LogP contribution is 2.25. The minimum atomic E-state index is -0.170. The van der Waals surface area contributed by atoms with Crippen molar-refractivity contribution in [1.29, 1.82) is 0 Å². The zero-order valence-electron chi connectivity index (χ0n) is 14.4.